The van der Waals surface area contributed by atoms with Crippen LogP contribution in [-0.4, -0.2) is 12.2 Å². The van der Waals surface area contributed by atoms with E-state index in [1.165, 1.54) is 19.2 Å². The van der Waals surface area contributed by atoms with Gasteiger partial charge in [0.2, 0.25) is 0 Å². The van der Waals surface area contributed by atoms with Gasteiger partial charge in [-0.15, -0.1) is 0 Å². The molecule has 0 saturated heterocycles. The number of aliphatic hydroxyl groups excluding tert-OH is 1. The van der Waals surface area contributed by atoms with Crippen LogP contribution in [0.25, 0.3) is 0 Å². The molecule has 0 aromatic heterocycles. The summed E-state index contributed by atoms with van der Waals surface area (Å²) in [7, 11) is 1.44. The monoisotopic (exact) mass is 248 g/mol. The molecule has 0 amide bonds. The van der Waals surface area contributed by atoms with Gasteiger partial charge in [0, 0.05) is 11.6 Å². The second-order valence-electron chi connectivity index (χ2n) is 2.68. The quantitative estimate of drug-likeness (QED) is 0.873. The van der Waals surface area contributed by atoms with Gasteiger partial charge in [-0.1, -0.05) is 0 Å². The summed E-state index contributed by atoms with van der Waals surface area (Å²) in [6, 6.07) is 2.75. The first-order chi connectivity index (χ1) is 6.06. The Morgan fingerprint density at radius 1 is 1.54 bits per heavy atom. The normalized spacial score (nSPS) is 12.7. The molecule has 1 rings (SSSR count). The van der Waals surface area contributed by atoms with Crippen molar-refractivity contribution in [3.8, 4) is 5.75 Å². The van der Waals surface area contributed by atoms with E-state index in [1.54, 1.807) is 6.92 Å². The Labute approximate surface area is 84.5 Å². The Hall–Kier alpha value is -0.610. The zero-order valence-corrected chi connectivity index (χ0v) is 8.93. The molecule has 1 N–H and O–H groups in total. The van der Waals surface area contributed by atoms with E-state index in [9.17, 15) is 9.50 Å². The van der Waals surface area contributed by atoms with E-state index in [-0.39, 0.29) is 0 Å². The summed E-state index contributed by atoms with van der Waals surface area (Å²) in [5.41, 5.74) is 0.566. The molecule has 0 bridgehead atoms. The van der Waals surface area contributed by atoms with Crippen LogP contribution in [0.5, 0.6) is 5.75 Å². The molecule has 1 aromatic rings. The van der Waals surface area contributed by atoms with Crippen molar-refractivity contribution in [1.29, 1.82) is 0 Å². The van der Waals surface area contributed by atoms with Gasteiger partial charge in [-0.3, -0.25) is 0 Å². The molecule has 4 heteroatoms. The van der Waals surface area contributed by atoms with Crippen molar-refractivity contribution in [2.24, 2.45) is 0 Å². The largest absolute Gasteiger partial charge is 0.496 e. The van der Waals surface area contributed by atoms with Gasteiger partial charge in [0.15, 0.2) is 0 Å². The van der Waals surface area contributed by atoms with Crippen LogP contribution in [0.1, 0.15) is 18.6 Å². The SMILES string of the molecule is COc1cc(F)c(Br)cc1[C@H](C)O. The molecule has 1 atom stereocenters. The van der Waals surface area contributed by atoms with Crippen LogP contribution in [-0.2, 0) is 0 Å². The first-order valence-electron chi connectivity index (χ1n) is 3.77. The molecule has 0 aliphatic carbocycles. The number of hydrogen-bond acceptors (Lipinski definition) is 2. The van der Waals surface area contributed by atoms with Gasteiger partial charge >= 0.3 is 0 Å². The van der Waals surface area contributed by atoms with Crippen molar-refractivity contribution in [1.82, 2.24) is 0 Å². The van der Waals surface area contributed by atoms with Gasteiger partial charge in [0.25, 0.3) is 0 Å². The molecule has 0 unspecified atom stereocenters. The maximum atomic E-state index is 13.0. The number of benzene rings is 1. The summed E-state index contributed by atoms with van der Waals surface area (Å²) in [6.07, 6.45) is -0.674. The summed E-state index contributed by atoms with van der Waals surface area (Å²) < 4.78 is 18.2. The van der Waals surface area contributed by atoms with Gasteiger partial charge in [-0.05, 0) is 28.9 Å². The Bertz CT molecular complexity index is 313. The minimum atomic E-state index is -0.674. The number of hydrogen-bond donors (Lipinski definition) is 1. The van der Waals surface area contributed by atoms with Gasteiger partial charge in [0.05, 0.1) is 17.7 Å². The molecule has 2 nitrogen and oxygen atoms in total. The van der Waals surface area contributed by atoms with Gasteiger partial charge < -0.3 is 9.84 Å². The van der Waals surface area contributed by atoms with Gasteiger partial charge in [0.1, 0.15) is 11.6 Å². The predicted octanol–water partition coefficient (Wildman–Crippen LogP) is 2.65. The summed E-state index contributed by atoms with van der Waals surface area (Å²) in [5, 5.41) is 9.33. The maximum Gasteiger partial charge on any atom is 0.141 e. The zero-order chi connectivity index (χ0) is 10.0. The van der Waals surface area contributed by atoms with Crippen LogP contribution in [0, 0.1) is 5.82 Å². The Morgan fingerprint density at radius 3 is 2.62 bits per heavy atom. The minimum Gasteiger partial charge on any atom is -0.496 e. The lowest BCUT2D eigenvalue weighted by atomic mass is 10.1. The molecule has 0 aliphatic heterocycles. The number of rotatable bonds is 2. The second-order valence-corrected chi connectivity index (χ2v) is 3.54. The molecule has 13 heavy (non-hydrogen) atoms. The average Bonchev–Trinajstić information content (AvgIpc) is 2.08. The highest BCUT2D eigenvalue weighted by Gasteiger charge is 2.12. The smallest absolute Gasteiger partial charge is 0.141 e. The van der Waals surface area contributed by atoms with E-state index in [0.29, 0.717) is 15.8 Å². The van der Waals surface area contributed by atoms with Crippen molar-refractivity contribution in [3.05, 3.63) is 28.0 Å². The van der Waals surface area contributed by atoms with Crippen molar-refractivity contribution in [2.45, 2.75) is 13.0 Å². The summed E-state index contributed by atoms with van der Waals surface area (Å²) in [4.78, 5) is 0. The van der Waals surface area contributed by atoms with Gasteiger partial charge in [-0.25, -0.2) is 4.39 Å². The topological polar surface area (TPSA) is 29.5 Å². The minimum absolute atomic E-state index is 0.323. The van der Waals surface area contributed by atoms with Crippen LogP contribution in [0.2, 0.25) is 0 Å². The summed E-state index contributed by atoms with van der Waals surface area (Å²) in [5.74, 6) is -0.0445. The van der Waals surface area contributed by atoms with E-state index >= 15 is 0 Å². The number of halogens is 2. The third-order valence-electron chi connectivity index (χ3n) is 1.72. The molecule has 0 fully saturated rings. The maximum absolute atomic E-state index is 13.0. The fourth-order valence-electron chi connectivity index (χ4n) is 1.05. The lowest BCUT2D eigenvalue weighted by molar-refractivity contribution is 0.194. The van der Waals surface area contributed by atoms with Crippen LogP contribution in [0.4, 0.5) is 4.39 Å². The molecule has 0 spiro atoms. The lowest BCUT2D eigenvalue weighted by Gasteiger charge is -2.11. The Kier molecular flexibility index (Phi) is 3.27. The van der Waals surface area contributed by atoms with E-state index in [0.717, 1.165) is 0 Å². The molecule has 72 valence electrons. The molecule has 0 saturated carbocycles. The van der Waals surface area contributed by atoms with Crippen LogP contribution in [0.3, 0.4) is 0 Å². The first-order valence-corrected chi connectivity index (χ1v) is 4.56. The third-order valence-corrected chi connectivity index (χ3v) is 2.33. The highest BCUT2D eigenvalue weighted by molar-refractivity contribution is 9.10. The van der Waals surface area contributed by atoms with Gasteiger partial charge in [-0.2, -0.15) is 0 Å². The predicted molar refractivity (Wildman–Crippen MR) is 51.3 cm³/mol. The third kappa shape index (κ3) is 2.19. The zero-order valence-electron chi connectivity index (χ0n) is 7.34. The Balaban J connectivity index is 3.25. The molecule has 1 aromatic carbocycles. The van der Waals surface area contributed by atoms with E-state index in [4.69, 9.17) is 4.74 Å². The molecule has 0 heterocycles. The van der Waals surface area contributed by atoms with E-state index < -0.39 is 11.9 Å². The second kappa shape index (κ2) is 4.07. The fraction of sp³-hybridized carbons (Fsp3) is 0.333. The van der Waals surface area contributed by atoms with E-state index in [1.807, 2.05) is 0 Å². The first kappa shape index (κ1) is 10.5. The molecule has 0 aliphatic rings. The average molecular weight is 249 g/mol. The van der Waals surface area contributed by atoms with Crippen molar-refractivity contribution >= 4 is 15.9 Å². The number of ether oxygens (including phenoxy) is 1. The molecule has 0 radical (unpaired) electrons. The van der Waals surface area contributed by atoms with Crippen molar-refractivity contribution in [2.75, 3.05) is 7.11 Å². The highest BCUT2D eigenvalue weighted by Crippen LogP contribution is 2.30. The summed E-state index contributed by atoms with van der Waals surface area (Å²) in [6.45, 7) is 1.60. The van der Waals surface area contributed by atoms with Crippen molar-refractivity contribution < 1.29 is 14.2 Å². The number of aliphatic hydroxyl groups is 1. The van der Waals surface area contributed by atoms with Crippen molar-refractivity contribution in [3.63, 3.8) is 0 Å². The molecular formula is C9H10BrFO2. The van der Waals surface area contributed by atoms with E-state index in [2.05, 4.69) is 15.9 Å². The lowest BCUT2D eigenvalue weighted by Crippen LogP contribution is -1.97. The van der Waals surface area contributed by atoms with Crippen LogP contribution < -0.4 is 4.74 Å². The standard InChI is InChI=1S/C9H10BrFO2/c1-5(12)6-3-7(10)8(11)4-9(6)13-2/h3-5,12H,1-2H3/t5-/m0/s1. The number of methoxy groups -OCH3 is 1. The van der Waals surface area contributed by atoms with Crippen LogP contribution in [0.15, 0.2) is 16.6 Å². The molecular weight excluding hydrogens is 239 g/mol. The fourth-order valence-corrected chi connectivity index (χ4v) is 1.41. The van der Waals surface area contributed by atoms with Crippen LogP contribution >= 0.6 is 15.9 Å². The highest BCUT2D eigenvalue weighted by atomic mass is 79.9. The Morgan fingerprint density at radius 2 is 2.15 bits per heavy atom. The summed E-state index contributed by atoms with van der Waals surface area (Å²) >= 11 is 3.04.